The van der Waals surface area contributed by atoms with Gasteiger partial charge in [0.15, 0.2) is 0 Å². The van der Waals surface area contributed by atoms with E-state index >= 15 is 0 Å². The van der Waals surface area contributed by atoms with Crippen molar-refractivity contribution in [3.05, 3.63) is 82.3 Å². The molecule has 1 atom stereocenters. The number of hydrazone groups is 1. The Kier molecular flexibility index (Phi) is 4.71. The fourth-order valence-corrected chi connectivity index (χ4v) is 3.97. The molecule has 1 aliphatic heterocycles. The Morgan fingerprint density at radius 2 is 1.92 bits per heavy atom. The minimum absolute atomic E-state index is 0.00784. The van der Waals surface area contributed by atoms with Crippen LogP contribution < -0.4 is 9.75 Å². The normalized spacial score (nSPS) is 16.6. The lowest BCUT2D eigenvalue weighted by Gasteiger charge is -2.22. The van der Waals surface area contributed by atoms with Gasteiger partial charge in [0.1, 0.15) is 11.6 Å². The minimum Gasteiger partial charge on any atom is -0.494 e. The van der Waals surface area contributed by atoms with Crippen molar-refractivity contribution in [2.24, 2.45) is 5.10 Å². The topological polar surface area (TPSA) is 24.8 Å². The molecule has 26 heavy (non-hydrogen) atoms. The molecule has 0 amide bonds. The van der Waals surface area contributed by atoms with E-state index in [1.165, 1.54) is 10.9 Å². The highest BCUT2D eigenvalue weighted by molar-refractivity contribution is 7.10. The molecule has 0 aliphatic carbocycles. The van der Waals surface area contributed by atoms with Gasteiger partial charge in [0.2, 0.25) is 0 Å². The van der Waals surface area contributed by atoms with Gasteiger partial charge in [-0.25, -0.2) is 4.39 Å². The molecule has 2 aromatic carbocycles. The van der Waals surface area contributed by atoms with E-state index in [0.717, 1.165) is 23.4 Å². The van der Waals surface area contributed by atoms with Crippen LogP contribution in [0.25, 0.3) is 0 Å². The van der Waals surface area contributed by atoms with E-state index in [2.05, 4.69) is 6.07 Å². The lowest BCUT2D eigenvalue weighted by molar-refractivity contribution is 0.340. The first-order chi connectivity index (χ1) is 12.8. The summed E-state index contributed by atoms with van der Waals surface area (Å²) in [6, 6.07) is 18.8. The van der Waals surface area contributed by atoms with Crippen molar-refractivity contribution in [3.8, 4) is 5.75 Å². The van der Waals surface area contributed by atoms with Crippen molar-refractivity contribution >= 4 is 22.7 Å². The summed E-state index contributed by atoms with van der Waals surface area (Å²) in [7, 11) is 0. The van der Waals surface area contributed by atoms with E-state index in [1.807, 2.05) is 53.7 Å². The minimum atomic E-state index is -0.259. The zero-order valence-corrected chi connectivity index (χ0v) is 15.2. The second-order valence-corrected chi connectivity index (χ2v) is 7.01. The molecule has 0 saturated carbocycles. The zero-order chi connectivity index (χ0) is 17.9. The highest BCUT2D eigenvalue weighted by atomic mass is 32.1. The van der Waals surface area contributed by atoms with Gasteiger partial charge in [0, 0.05) is 11.3 Å². The van der Waals surface area contributed by atoms with Crippen molar-refractivity contribution in [3.63, 3.8) is 0 Å². The summed E-state index contributed by atoms with van der Waals surface area (Å²) in [4.78, 5) is 1.18. The predicted octanol–water partition coefficient (Wildman–Crippen LogP) is 5.64. The Bertz CT molecular complexity index is 906. The second-order valence-electron chi connectivity index (χ2n) is 6.04. The average molecular weight is 366 g/mol. The molecule has 3 nitrogen and oxygen atoms in total. The summed E-state index contributed by atoms with van der Waals surface area (Å²) in [6.45, 7) is 2.61. The van der Waals surface area contributed by atoms with Crippen LogP contribution in [0.5, 0.6) is 5.75 Å². The molecule has 1 aromatic heterocycles. The van der Waals surface area contributed by atoms with Gasteiger partial charge in [-0.05, 0) is 60.3 Å². The second kappa shape index (κ2) is 7.30. The Hall–Kier alpha value is -2.66. The summed E-state index contributed by atoms with van der Waals surface area (Å²) in [6.07, 6.45) is 0.739. The lowest BCUT2D eigenvalue weighted by atomic mass is 10.0. The lowest BCUT2D eigenvalue weighted by Crippen LogP contribution is -2.18. The Morgan fingerprint density at radius 1 is 1.12 bits per heavy atom. The quantitative estimate of drug-likeness (QED) is 0.583. The van der Waals surface area contributed by atoms with Crippen LogP contribution in [0.4, 0.5) is 10.1 Å². The van der Waals surface area contributed by atoms with Crippen LogP contribution in [0.15, 0.2) is 71.1 Å². The van der Waals surface area contributed by atoms with Gasteiger partial charge >= 0.3 is 0 Å². The molecule has 5 heteroatoms. The first kappa shape index (κ1) is 16.8. The molecule has 0 radical (unpaired) electrons. The third-order valence-corrected chi connectivity index (χ3v) is 5.35. The maximum absolute atomic E-state index is 14.4. The molecule has 4 rings (SSSR count). The summed E-state index contributed by atoms with van der Waals surface area (Å²) in [5.74, 6) is 0.585. The third kappa shape index (κ3) is 3.22. The number of rotatable bonds is 5. The molecule has 0 fully saturated rings. The van der Waals surface area contributed by atoms with Crippen LogP contribution in [0, 0.1) is 5.82 Å². The van der Waals surface area contributed by atoms with E-state index in [0.29, 0.717) is 12.3 Å². The first-order valence-corrected chi connectivity index (χ1v) is 9.52. The Morgan fingerprint density at radius 3 is 2.62 bits per heavy atom. The van der Waals surface area contributed by atoms with Crippen molar-refractivity contribution in [2.75, 3.05) is 11.6 Å². The van der Waals surface area contributed by atoms with Crippen LogP contribution in [-0.2, 0) is 0 Å². The van der Waals surface area contributed by atoms with Crippen molar-refractivity contribution in [1.29, 1.82) is 0 Å². The largest absolute Gasteiger partial charge is 0.494 e. The number of ether oxygens (including phenoxy) is 1. The monoisotopic (exact) mass is 366 g/mol. The molecular formula is C21H19FN2OS. The van der Waals surface area contributed by atoms with Gasteiger partial charge in [0.05, 0.1) is 24.0 Å². The Balaban J connectivity index is 1.70. The van der Waals surface area contributed by atoms with Crippen molar-refractivity contribution < 1.29 is 9.13 Å². The molecule has 0 saturated heterocycles. The van der Waals surface area contributed by atoms with Crippen molar-refractivity contribution in [2.45, 2.75) is 19.4 Å². The maximum Gasteiger partial charge on any atom is 0.148 e. The highest BCUT2D eigenvalue weighted by Crippen LogP contribution is 2.39. The van der Waals surface area contributed by atoms with Crippen LogP contribution >= 0.6 is 11.3 Å². The van der Waals surface area contributed by atoms with Gasteiger partial charge in [-0.2, -0.15) is 5.10 Å². The third-order valence-electron chi connectivity index (χ3n) is 4.38. The van der Waals surface area contributed by atoms with E-state index in [9.17, 15) is 4.39 Å². The summed E-state index contributed by atoms with van der Waals surface area (Å²) in [5, 5.41) is 8.64. The van der Waals surface area contributed by atoms with E-state index in [4.69, 9.17) is 9.84 Å². The number of benzene rings is 2. The molecule has 1 aliphatic rings. The van der Waals surface area contributed by atoms with Crippen LogP contribution in [0.1, 0.15) is 29.8 Å². The van der Waals surface area contributed by atoms with Gasteiger partial charge in [-0.3, -0.25) is 5.01 Å². The van der Waals surface area contributed by atoms with Crippen molar-refractivity contribution in [1.82, 2.24) is 0 Å². The number of halogens is 1. The Labute approximate surface area is 156 Å². The highest BCUT2D eigenvalue weighted by Gasteiger charge is 2.31. The number of para-hydroxylation sites is 1. The van der Waals surface area contributed by atoms with E-state index < -0.39 is 0 Å². The molecule has 0 unspecified atom stereocenters. The first-order valence-electron chi connectivity index (χ1n) is 8.64. The molecule has 2 heterocycles. The number of anilines is 1. The molecule has 0 bridgehead atoms. The summed E-state index contributed by atoms with van der Waals surface area (Å²) < 4.78 is 19.9. The maximum atomic E-state index is 14.4. The van der Waals surface area contributed by atoms with Crippen LogP contribution in [0.3, 0.4) is 0 Å². The molecular weight excluding hydrogens is 347 g/mol. The number of hydrogen-bond acceptors (Lipinski definition) is 4. The average Bonchev–Trinajstić information content (AvgIpc) is 3.33. The van der Waals surface area contributed by atoms with E-state index in [1.54, 1.807) is 23.5 Å². The number of nitrogens with zero attached hydrogens (tertiary/aromatic N) is 2. The van der Waals surface area contributed by atoms with Crippen LogP contribution in [0.2, 0.25) is 0 Å². The van der Waals surface area contributed by atoms with Gasteiger partial charge in [0.25, 0.3) is 0 Å². The standard InChI is InChI=1S/C21H19FN2OS/c1-2-25-16-11-9-15(10-12-16)18-14-20(21-8-5-13-26-21)24(23-18)19-7-4-3-6-17(19)22/h3-13,20H,2,14H2,1H3/t20-/m0/s1. The predicted molar refractivity (Wildman–Crippen MR) is 105 cm³/mol. The van der Waals surface area contributed by atoms with E-state index in [-0.39, 0.29) is 11.9 Å². The molecule has 0 spiro atoms. The smallest absolute Gasteiger partial charge is 0.148 e. The van der Waals surface area contributed by atoms with Gasteiger partial charge < -0.3 is 4.74 Å². The number of hydrogen-bond donors (Lipinski definition) is 0. The molecule has 3 aromatic rings. The summed E-state index contributed by atoms with van der Waals surface area (Å²) in [5.41, 5.74) is 2.50. The zero-order valence-electron chi connectivity index (χ0n) is 14.4. The number of thiophene rings is 1. The SMILES string of the molecule is CCOc1ccc(C2=NN(c3ccccc3F)[C@H](c3cccs3)C2)cc1. The molecule has 132 valence electrons. The fourth-order valence-electron chi connectivity index (χ4n) is 3.16. The molecule has 0 N–H and O–H groups in total. The fraction of sp³-hybridized carbons (Fsp3) is 0.190. The van der Waals surface area contributed by atoms with Crippen LogP contribution in [-0.4, -0.2) is 12.3 Å². The van der Waals surface area contributed by atoms with Gasteiger partial charge in [-0.1, -0.05) is 18.2 Å². The summed E-state index contributed by atoms with van der Waals surface area (Å²) >= 11 is 1.67. The van der Waals surface area contributed by atoms with Gasteiger partial charge in [-0.15, -0.1) is 11.3 Å².